The molecule has 37 heavy (non-hydrogen) atoms. The second kappa shape index (κ2) is 9.43. The van der Waals surface area contributed by atoms with Crippen LogP contribution >= 0.6 is 0 Å². The molecule has 5 rings (SSSR count). The monoisotopic (exact) mass is 491 g/mol. The minimum atomic E-state index is -0.730. The van der Waals surface area contributed by atoms with Gasteiger partial charge in [-0.05, 0) is 55.0 Å². The van der Waals surface area contributed by atoms with Gasteiger partial charge in [0.2, 0.25) is 0 Å². The molecule has 0 spiro atoms. The van der Waals surface area contributed by atoms with Crippen molar-refractivity contribution in [2.24, 2.45) is 17.0 Å². The minimum Gasteiger partial charge on any atom is -0.409 e. The van der Waals surface area contributed by atoms with E-state index in [1.54, 1.807) is 24.3 Å². The van der Waals surface area contributed by atoms with Crippen LogP contribution in [-0.4, -0.2) is 32.7 Å². The second-order valence-electron chi connectivity index (χ2n) is 9.49. The molecule has 0 saturated heterocycles. The Labute approximate surface area is 214 Å². The fourth-order valence-electron chi connectivity index (χ4n) is 5.62. The number of aryl methyl sites for hydroxylation is 1. The number of carbonyl (C=O) groups excluding carboxylic acids is 2. The molecule has 0 radical (unpaired) electrons. The lowest BCUT2D eigenvalue weighted by Gasteiger charge is -2.47. The zero-order valence-corrected chi connectivity index (χ0v) is 20.5. The van der Waals surface area contributed by atoms with Crippen LogP contribution in [0.3, 0.4) is 0 Å². The van der Waals surface area contributed by atoms with E-state index in [1.165, 1.54) is 6.92 Å². The number of hydrogen-bond acceptors (Lipinski definition) is 7. The first-order chi connectivity index (χ1) is 17.9. The van der Waals surface area contributed by atoms with Crippen molar-refractivity contribution in [1.29, 1.82) is 5.26 Å². The number of allylic oxidation sites excluding steroid dienone is 2. The number of ketones is 1. The lowest BCUT2D eigenvalue weighted by molar-refractivity contribution is -0.121. The Morgan fingerprint density at radius 3 is 2.59 bits per heavy atom. The second-order valence-corrected chi connectivity index (χ2v) is 9.49. The highest BCUT2D eigenvalue weighted by atomic mass is 16.4. The van der Waals surface area contributed by atoms with Crippen LogP contribution in [0.25, 0.3) is 11.4 Å². The van der Waals surface area contributed by atoms with Crippen LogP contribution in [0.4, 0.5) is 0 Å². The third-order valence-electron chi connectivity index (χ3n) is 7.44. The molecular formula is C29H25N5O3. The molecule has 1 amide bonds. The number of nitriles is 1. The molecule has 1 aromatic heterocycles. The number of fused-ring (bicyclic) bond motifs is 3. The molecule has 0 fully saturated rings. The molecule has 2 aliphatic carbocycles. The summed E-state index contributed by atoms with van der Waals surface area (Å²) in [7, 11) is 0. The van der Waals surface area contributed by atoms with Crippen molar-refractivity contribution in [3.05, 3.63) is 94.8 Å². The standard InChI is InChI=1S/C29H25N5O3/c1-17-24-13-12-21-16-31-27(19-8-10-20(11-9-19)28(36)32-18(2)34-37)33-26(21)29(24,14-22(15-30)25(17)35)23-6-4-3-5-7-23/h3-11,14,16-17,24,37H,12-13H2,1-2H3,(H,32,34,36)/t17-,24-,29+/m0/s1. The van der Waals surface area contributed by atoms with Gasteiger partial charge in [-0.1, -0.05) is 54.5 Å². The maximum Gasteiger partial charge on any atom is 0.256 e. The van der Waals surface area contributed by atoms with Crippen molar-refractivity contribution in [3.63, 3.8) is 0 Å². The summed E-state index contributed by atoms with van der Waals surface area (Å²) in [4.78, 5) is 35.0. The van der Waals surface area contributed by atoms with E-state index in [0.717, 1.165) is 35.2 Å². The first kappa shape index (κ1) is 24.1. The number of nitrogens with zero attached hydrogens (tertiary/aromatic N) is 4. The van der Waals surface area contributed by atoms with Crippen molar-refractivity contribution < 1.29 is 14.8 Å². The number of carbonyl (C=O) groups is 2. The molecule has 8 heteroatoms. The summed E-state index contributed by atoms with van der Waals surface area (Å²) in [5, 5.41) is 24.1. The van der Waals surface area contributed by atoms with Crippen molar-refractivity contribution in [3.8, 4) is 17.5 Å². The predicted molar refractivity (Wildman–Crippen MR) is 137 cm³/mol. The molecule has 184 valence electrons. The first-order valence-electron chi connectivity index (χ1n) is 12.1. The minimum absolute atomic E-state index is 0.0442. The van der Waals surface area contributed by atoms with Gasteiger partial charge in [-0.2, -0.15) is 5.26 Å². The fraction of sp³-hybridized carbons (Fsp3) is 0.241. The van der Waals surface area contributed by atoms with Gasteiger partial charge < -0.3 is 10.5 Å². The molecule has 2 aliphatic rings. The maximum absolute atomic E-state index is 13.0. The van der Waals surface area contributed by atoms with E-state index in [-0.39, 0.29) is 29.0 Å². The van der Waals surface area contributed by atoms with Gasteiger partial charge in [-0.15, -0.1) is 0 Å². The third kappa shape index (κ3) is 3.99. The van der Waals surface area contributed by atoms with Crippen molar-refractivity contribution in [2.45, 2.75) is 32.1 Å². The van der Waals surface area contributed by atoms with Gasteiger partial charge in [0.05, 0.1) is 16.7 Å². The molecule has 3 aromatic rings. The summed E-state index contributed by atoms with van der Waals surface area (Å²) in [5.41, 5.74) is 3.35. The van der Waals surface area contributed by atoms with Gasteiger partial charge in [0.15, 0.2) is 11.6 Å². The molecular weight excluding hydrogens is 466 g/mol. The van der Waals surface area contributed by atoms with E-state index in [4.69, 9.17) is 10.2 Å². The molecule has 0 bridgehead atoms. The maximum atomic E-state index is 13.0. The summed E-state index contributed by atoms with van der Waals surface area (Å²) in [5.74, 6) is -0.294. The van der Waals surface area contributed by atoms with E-state index in [2.05, 4.69) is 21.5 Å². The van der Waals surface area contributed by atoms with Gasteiger partial charge in [0.25, 0.3) is 5.91 Å². The molecule has 3 atom stereocenters. The van der Waals surface area contributed by atoms with Crippen molar-refractivity contribution >= 4 is 17.5 Å². The summed E-state index contributed by atoms with van der Waals surface area (Å²) >= 11 is 0. The van der Waals surface area contributed by atoms with Gasteiger partial charge in [0.1, 0.15) is 11.9 Å². The molecule has 1 heterocycles. The normalized spacial score (nSPS) is 22.8. The quantitative estimate of drug-likeness (QED) is 0.245. The lowest BCUT2D eigenvalue weighted by Crippen LogP contribution is -2.48. The zero-order chi connectivity index (χ0) is 26.2. The Morgan fingerprint density at radius 2 is 1.92 bits per heavy atom. The zero-order valence-electron chi connectivity index (χ0n) is 20.5. The number of oxime groups is 1. The Bertz CT molecular complexity index is 1490. The van der Waals surface area contributed by atoms with Gasteiger partial charge >= 0.3 is 0 Å². The number of hydrogen-bond donors (Lipinski definition) is 2. The molecule has 0 unspecified atom stereocenters. The van der Waals surface area contributed by atoms with E-state index in [9.17, 15) is 14.9 Å². The summed E-state index contributed by atoms with van der Waals surface area (Å²) in [6.45, 7) is 3.39. The number of Topliss-reactive ketones (excluding diaryl/α,β-unsaturated/α-hetero) is 1. The number of aromatic nitrogens is 2. The smallest absolute Gasteiger partial charge is 0.256 e. The summed E-state index contributed by atoms with van der Waals surface area (Å²) < 4.78 is 0. The van der Waals surface area contributed by atoms with Crippen LogP contribution < -0.4 is 5.32 Å². The largest absolute Gasteiger partial charge is 0.409 e. The highest BCUT2D eigenvalue weighted by Gasteiger charge is 2.52. The highest BCUT2D eigenvalue weighted by Crippen LogP contribution is 2.53. The van der Waals surface area contributed by atoms with E-state index < -0.39 is 11.3 Å². The number of amides is 1. The fourth-order valence-corrected chi connectivity index (χ4v) is 5.62. The third-order valence-corrected chi connectivity index (χ3v) is 7.44. The molecule has 2 aromatic carbocycles. The number of rotatable bonds is 3. The van der Waals surface area contributed by atoms with E-state index >= 15 is 0 Å². The lowest BCUT2D eigenvalue weighted by atomic mass is 9.54. The Kier molecular flexibility index (Phi) is 6.14. The van der Waals surface area contributed by atoms with Gasteiger partial charge in [-0.25, -0.2) is 9.97 Å². The highest BCUT2D eigenvalue weighted by molar-refractivity contribution is 6.05. The first-order valence-corrected chi connectivity index (χ1v) is 12.1. The topological polar surface area (TPSA) is 128 Å². The summed E-state index contributed by atoms with van der Waals surface area (Å²) in [6.07, 6.45) is 5.18. The number of nitrogens with one attached hydrogen (secondary N) is 1. The molecule has 2 N–H and O–H groups in total. The van der Waals surface area contributed by atoms with Crippen LogP contribution in [0.2, 0.25) is 0 Å². The average molecular weight is 492 g/mol. The van der Waals surface area contributed by atoms with Crippen LogP contribution in [0.1, 0.15) is 47.4 Å². The van der Waals surface area contributed by atoms with Crippen LogP contribution in [-0.2, 0) is 16.6 Å². The van der Waals surface area contributed by atoms with E-state index in [1.807, 2.05) is 49.5 Å². The van der Waals surface area contributed by atoms with Gasteiger partial charge in [0, 0.05) is 23.2 Å². The predicted octanol–water partition coefficient (Wildman–Crippen LogP) is 4.20. The Morgan fingerprint density at radius 1 is 1.19 bits per heavy atom. The van der Waals surface area contributed by atoms with Crippen LogP contribution in [0.5, 0.6) is 0 Å². The van der Waals surface area contributed by atoms with Crippen LogP contribution in [0, 0.1) is 23.2 Å². The molecule has 0 aliphatic heterocycles. The Balaban J connectivity index is 1.64. The summed E-state index contributed by atoms with van der Waals surface area (Å²) in [6, 6.07) is 18.9. The number of amidine groups is 1. The van der Waals surface area contributed by atoms with Crippen LogP contribution in [0.15, 0.2) is 77.6 Å². The molecule has 8 nitrogen and oxygen atoms in total. The average Bonchev–Trinajstić information content (AvgIpc) is 2.94. The molecule has 0 saturated carbocycles. The van der Waals surface area contributed by atoms with E-state index in [0.29, 0.717) is 11.4 Å². The number of benzene rings is 2. The van der Waals surface area contributed by atoms with Crippen molar-refractivity contribution in [1.82, 2.24) is 15.3 Å². The Hall–Kier alpha value is -4.64. The SMILES string of the molecule is C/C(=N\O)NC(=O)c1ccc(-c2ncc3c(n2)[C@@]2(c4ccccc4)C=C(C#N)C(=O)[C@@H](C)[C@@H]2CC3)cc1. The van der Waals surface area contributed by atoms with Gasteiger partial charge in [-0.3, -0.25) is 9.59 Å². The van der Waals surface area contributed by atoms with Crippen molar-refractivity contribution in [2.75, 3.05) is 0 Å².